The van der Waals surface area contributed by atoms with Crippen LogP contribution in [0.2, 0.25) is 0 Å². The lowest BCUT2D eigenvalue weighted by molar-refractivity contribution is 0.682. The van der Waals surface area contributed by atoms with E-state index in [1.54, 1.807) is 0 Å². The minimum atomic E-state index is 0.218. The van der Waals surface area contributed by atoms with Gasteiger partial charge in [0, 0.05) is 12.3 Å². The van der Waals surface area contributed by atoms with Crippen LogP contribution in [0, 0.1) is 16.7 Å². The lowest BCUT2D eigenvalue weighted by Crippen LogP contribution is -1.93. The number of amidine groups is 1. The summed E-state index contributed by atoms with van der Waals surface area (Å²) in [6.07, 6.45) is 5.41. The van der Waals surface area contributed by atoms with E-state index in [4.69, 9.17) is 10.7 Å². The van der Waals surface area contributed by atoms with Gasteiger partial charge in [-0.2, -0.15) is 5.26 Å². The van der Waals surface area contributed by atoms with Gasteiger partial charge in [-0.1, -0.05) is 26.2 Å². The molecule has 0 aliphatic carbocycles. The van der Waals surface area contributed by atoms with Crippen molar-refractivity contribution < 1.29 is 0 Å². The quantitative estimate of drug-likeness (QED) is 0.539. The molecule has 0 radical (unpaired) electrons. The molecule has 4 heteroatoms. The molecule has 0 atom stereocenters. The van der Waals surface area contributed by atoms with Crippen LogP contribution in [0.3, 0.4) is 0 Å². The van der Waals surface area contributed by atoms with Crippen LogP contribution in [0.25, 0.3) is 0 Å². The van der Waals surface area contributed by atoms with E-state index in [0.29, 0.717) is 5.84 Å². The lowest BCUT2D eigenvalue weighted by Gasteiger charge is -1.96. The molecule has 0 saturated carbocycles. The molecule has 0 aromatic heterocycles. The number of rotatable bonds is 5. The minimum absolute atomic E-state index is 0.218. The SMILES string of the molecule is CCCCCCC1=NC(=C=N)C(C#N)=N1. The van der Waals surface area contributed by atoms with Crippen LogP contribution in [-0.4, -0.2) is 17.4 Å². The summed E-state index contributed by atoms with van der Waals surface area (Å²) in [4.78, 5) is 8.11. The van der Waals surface area contributed by atoms with E-state index in [1.165, 1.54) is 12.8 Å². The maximum atomic E-state index is 8.70. The van der Waals surface area contributed by atoms with Crippen molar-refractivity contribution >= 4 is 17.4 Å². The zero-order valence-corrected chi connectivity index (χ0v) is 8.88. The molecule has 0 amide bonds. The van der Waals surface area contributed by atoms with Gasteiger partial charge in [-0.05, 0) is 6.42 Å². The fourth-order valence-electron chi connectivity index (χ4n) is 1.38. The molecule has 1 N–H and O–H groups in total. The lowest BCUT2D eigenvalue weighted by atomic mass is 10.1. The van der Waals surface area contributed by atoms with E-state index in [2.05, 4.69) is 22.8 Å². The first-order valence-electron chi connectivity index (χ1n) is 5.18. The molecule has 0 aromatic carbocycles. The summed E-state index contributed by atoms with van der Waals surface area (Å²) < 4.78 is 0. The standard InChI is InChI=1S/C11H14N4/c1-2-3-4-5-6-11-14-9(7-12)10(8-13)15-11/h12H,2-6H2,1H3. The zero-order valence-electron chi connectivity index (χ0n) is 8.88. The Morgan fingerprint density at radius 1 is 1.27 bits per heavy atom. The van der Waals surface area contributed by atoms with Crippen LogP contribution in [-0.2, 0) is 0 Å². The van der Waals surface area contributed by atoms with Crippen LogP contribution in [0.15, 0.2) is 15.7 Å². The Kier molecular flexibility index (Phi) is 4.46. The maximum Gasteiger partial charge on any atom is 0.177 e. The number of nitriles is 1. The highest BCUT2D eigenvalue weighted by atomic mass is 15.0. The first-order valence-corrected chi connectivity index (χ1v) is 5.18. The summed E-state index contributed by atoms with van der Waals surface area (Å²) in [5.74, 6) is 2.79. The molecule has 4 nitrogen and oxygen atoms in total. The third kappa shape index (κ3) is 3.16. The topological polar surface area (TPSA) is 72.4 Å². The highest BCUT2D eigenvalue weighted by Gasteiger charge is 2.15. The van der Waals surface area contributed by atoms with Crippen molar-refractivity contribution in [2.45, 2.75) is 39.0 Å². The molecule has 1 aliphatic heterocycles. The first kappa shape index (κ1) is 11.4. The van der Waals surface area contributed by atoms with Crippen LogP contribution in [0.5, 0.6) is 0 Å². The third-order valence-corrected chi connectivity index (χ3v) is 2.18. The molecule has 0 aromatic rings. The molecule has 0 spiro atoms. The molecule has 1 heterocycles. The number of nitrogens with one attached hydrogen (secondary N) is 1. The highest BCUT2D eigenvalue weighted by Crippen LogP contribution is 2.12. The van der Waals surface area contributed by atoms with Crippen molar-refractivity contribution in [1.82, 2.24) is 0 Å². The van der Waals surface area contributed by atoms with E-state index >= 15 is 0 Å². The van der Waals surface area contributed by atoms with Gasteiger partial charge in [0.1, 0.15) is 11.9 Å². The summed E-state index contributed by atoms with van der Waals surface area (Å²) in [7, 11) is 0. The van der Waals surface area contributed by atoms with E-state index in [-0.39, 0.29) is 11.4 Å². The molecule has 78 valence electrons. The minimum Gasteiger partial charge on any atom is -0.257 e. The Labute approximate surface area is 89.6 Å². The predicted octanol–water partition coefficient (Wildman–Crippen LogP) is 2.47. The summed E-state index contributed by atoms with van der Waals surface area (Å²) in [5, 5.41) is 15.6. The zero-order chi connectivity index (χ0) is 11.1. The Bertz CT molecular complexity index is 378. The van der Waals surface area contributed by atoms with Gasteiger partial charge in [0.05, 0.1) is 0 Å². The summed E-state index contributed by atoms with van der Waals surface area (Å²) in [6, 6.07) is 1.91. The summed E-state index contributed by atoms with van der Waals surface area (Å²) >= 11 is 0. The van der Waals surface area contributed by atoms with Crippen LogP contribution >= 0.6 is 0 Å². The molecule has 0 saturated heterocycles. The number of hydrogen-bond donors (Lipinski definition) is 1. The fourth-order valence-corrected chi connectivity index (χ4v) is 1.38. The van der Waals surface area contributed by atoms with Crippen molar-refractivity contribution in [2.75, 3.05) is 0 Å². The molecule has 0 bridgehead atoms. The van der Waals surface area contributed by atoms with Gasteiger partial charge in [-0.3, -0.25) is 5.41 Å². The van der Waals surface area contributed by atoms with Crippen LogP contribution in [0.1, 0.15) is 39.0 Å². The number of allylic oxidation sites excluding steroid dienone is 1. The van der Waals surface area contributed by atoms with Crippen molar-refractivity contribution in [3.63, 3.8) is 0 Å². The van der Waals surface area contributed by atoms with Gasteiger partial charge >= 0.3 is 0 Å². The first-order chi connectivity index (χ1) is 7.31. The molecule has 1 aliphatic rings. The number of aliphatic imine (C=N–C) groups is 2. The Morgan fingerprint density at radius 3 is 2.60 bits per heavy atom. The monoisotopic (exact) mass is 202 g/mol. The molecule has 15 heavy (non-hydrogen) atoms. The molecular formula is C11H14N4. The average Bonchev–Trinajstić information content (AvgIpc) is 2.67. The van der Waals surface area contributed by atoms with Gasteiger partial charge in [0.2, 0.25) is 0 Å². The summed E-state index contributed by atoms with van der Waals surface area (Å²) in [5.41, 5.74) is 0.485. The summed E-state index contributed by atoms with van der Waals surface area (Å²) in [6.45, 7) is 2.16. The second-order valence-electron chi connectivity index (χ2n) is 3.38. The van der Waals surface area contributed by atoms with Gasteiger partial charge < -0.3 is 0 Å². The van der Waals surface area contributed by atoms with Gasteiger partial charge in [-0.15, -0.1) is 0 Å². The van der Waals surface area contributed by atoms with Crippen molar-refractivity contribution in [3.05, 3.63) is 5.70 Å². The molecule has 1 rings (SSSR count). The van der Waals surface area contributed by atoms with E-state index < -0.39 is 0 Å². The van der Waals surface area contributed by atoms with Crippen molar-refractivity contribution in [1.29, 1.82) is 10.7 Å². The second kappa shape index (κ2) is 5.90. The largest absolute Gasteiger partial charge is 0.257 e. The second-order valence-corrected chi connectivity index (χ2v) is 3.38. The van der Waals surface area contributed by atoms with E-state index in [1.807, 2.05) is 6.07 Å². The Hall–Kier alpha value is -1.72. The Morgan fingerprint density at radius 2 is 2.07 bits per heavy atom. The predicted molar refractivity (Wildman–Crippen MR) is 60.5 cm³/mol. The normalized spacial score (nSPS) is 14.3. The molecular weight excluding hydrogens is 188 g/mol. The van der Waals surface area contributed by atoms with Crippen molar-refractivity contribution in [3.8, 4) is 6.07 Å². The number of hydrogen-bond acceptors (Lipinski definition) is 4. The van der Waals surface area contributed by atoms with E-state index in [0.717, 1.165) is 19.3 Å². The van der Waals surface area contributed by atoms with Gasteiger partial charge in [0.25, 0.3) is 0 Å². The van der Waals surface area contributed by atoms with Crippen molar-refractivity contribution in [2.24, 2.45) is 9.98 Å². The number of nitrogens with zero attached hydrogens (tertiary/aromatic N) is 3. The third-order valence-electron chi connectivity index (χ3n) is 2.18. The van der Waals surface area contributed by atoms with Crippen LogP contribution in [0.4, 0.5) is 0 Å². The highest BCUT2D eigenvalue weighted by molar-refractivity contribution is 6.23. The Balaban J connectivity index is 2.49. The van der Waals surface area contributed by atoms with Gasteiger partial charge in [-0.25, -0.2) is 9.98 Å². The van der Waals surface area contributed by atoms with Gasteiger partial charge in [0.15, 0.2) is 11.4 Å². The average molecular weight is 202 g/mol. The number of unbranched alkanes of at least 4 members (excludes halogenated alkanes) is 3. The molecule has 0 fully saturated rings. The van der Waals surface area contributed by atoms with Crippen LogP contribution < -0.4 is 0 Å². The molecule has 0 unspecified atom stereocenters. The maximum absolute atomic E-state index is 8.70. The smallest absolute Gasteiger partial charge is 0.177 e. The fraction of sp³-hybridized carbons (Fsp3) is 0.545. The van der Waals surface area contributed by atoms with E-state index in [9.17, 15) is 0 Å².